The van der Waals surface area contributed by atoms with Gasteiger partial charge in [-0.2, -0.15) is 0 Å². The van der Waals surface area contributed by atoms with Crippen LogP contribution in [0.3, 0.4) is 0 Å². The van der Waals surface area contributed by atoms with E-state index in [9.17, 15) is 0 Å². The van der Waals surface area contributed by atoms with E-state index in [1.165, 1.54) is 0 Å². The van der Waals surface area contributed by atoms with Gasteiger partial charge < -0.3 is 10.5 Å². The van der Waals surface area contributed by atoms with Crippen molar-refractivity contribution in [1.82, 2.24) is 10.2 Å². The van der Waals surface area contributed by atoms with Crippen LogP contribution in [0.15, 0.2) is 6.07 Å². The molecule has 0 saturated heterocycles. The van der Waals surface area contributed by atoms with Crippen molar-refractivity contribution >= 4 is 23.2 Å². The summed E-state index contributed by atoms with van der Waals surface area (Å²) >= 11 is 11.6. The highest BCUT2D eigenvalue weighted by molar-refractivity contribution is 6.31. The van der Waals surface area contributed by atoms with Crippen molar-refractivity contribution in [3.05, 3.63) is 21.9 Å². The van der Waals surface area contributed by atoms with Crippen LogP contribution in [0.25, 0.3) is 0 Å². The van der Waals surface area contributed by atoms with Gasteiger partial charge in [-0.25, -0.2) is 0 Å². The molecule has 0 aliphatic heterocycles. The third kappa shape index (κ3) is 2.15. The minimum atomic E-state index is -0.684. The molecule has 1 rings (SSSR count). The maximum Gasteiger partial charge on any atom is 0.157 e. The summed E-state index contributed by atoms with van der Waals surface area (Å²) in [6.07, 6.45) is 0. The second-order valence-electron chi connectivity index (χ2n) is 3.01. The molecule has 0 amide bonds. The Labute approximate surface area is 92.4 Å². The predicted octanol–water partition coefficient (Wildman–Crippen LogP) is 1.60. The molecule has 1 aromatic heterocycles. The number of nitrogens with zero attached hydrogens (tertiary/aromatic N) is 2. The Kier molecular flexibility index (Phi) is 3.66. The summed E-state index contributed by atoms with van der Waals surface area (Å²) in [6, 6.07) is 1.60. The molecule has 0 spiro atoms. The molecule has 78 valence electrons. The Morgan fingerprint density at radius 3 is 2.64 bits per heavy atom. The van der Waals surface area contributed by atoms with E-state index in [1.807, 2.05) is 6.92 Å². The highest BCUT2D eigenvalue weighted by atomic mass is 35.5. The summed E-state index contributed by atoms with van der Waals surface area (Å²) < 4.78 is 5.27. The number of aromatic nitrogens is 2. The molecule has 0 aliphatic rings. The molecule has 0 radical (unpaired) electrons. The Morgan fingerprint density at radius 1 is 1.50 bits per heavy atom. The van der Waals surface area contributed by atoms with Gasteiger partial charge in [0.25, 0.3) is 0 Å². The van der Waals surface area contributed by atoms with Crippen molar-refractivity contribution in [1.29, 1.82) is 0 Å². The molecule has 1 heterocycles. The largest absolute Gasteiger partial charge is 0.372 e. The van der Waals surface area contributed by atoms with Gasteiger partial charge in [0.05, 0.1) is 0 Å². The number of ether oxygens (including phenoxy) is 1. The Balaban J connectivity index is 3.22. The second kappa shape index (κ2) is 4.40. The molecule has 14 heavy (non-hydrogen) atoms. The van der Waals surface area contributed by atoms with Gasteiger partial charge in [-0.05, 0) is 13.0 Å². The van der Waals surface area contributed by atoms with Crippen LogP contribution in [0.1, 0.15) is 12.5 Å². The molecule has 0 fully saturated rings. The summed E-state index contributed by atoms with van der Waals surface area (Å²) in [5.41, 5.74) is 5.55. The maximum absolute atomic E-state index is 5.87. The number of hydrogen-bond acceptors (Lipinski definition) is 4. The van der Waals surface area contributed by atoms with E-state index in [4.69, 9.17) is 33.7 Å². The fourth-order valence-corrected chi connectivity index (χ4v) is 1.47. The molecular formula is C8H11Cl2N3O. The average Bonchev–Trinajstić information content (AvgIpc) is 2.20. The molecule has 1 atom stereocenters. The van der Waals surface area contributed by atoms with Gasteiger partial charge in [-0.3, -0.25) is 0 Å². The molecule has 6 heteroatoms. The topological polar surface area (TPSA) is 61.0 Å². The number of nitrogens with two attached hydrogens (primary N) is 1. The zero-order valence-corrected chi connectivity index (χ0v) is 9.43. The lowest BCUT2D eigenvalue weighted by atomic mass is 9.98. The van der Waals surface area contributed by atoms with Crippen LogP contribution in [0.5, 0.6) is 0 Å². The first kappa shape index (κ1) is 11.7. The van der Waals surface area contributed by atoms with Crippen LogP contribution in [0, 0.1) is 0 Å². The maximum atomic E-state index is 5.87. The number of hydrogen-bond donors (Lipinski definition) is 1. The molecular weight excluding hydrogens is 225 g/mol. The fraction of sp³-hybridized carbons (Fsp3) is 0.500. The molecule has 1 unspecified atom stereocenters. The van der Waals surface area contributed by atoms with E-state index in [-0.39, 0.29) is 16.9 Å². The predicted molar refractivity (Wildman–Crippen MR) is 55.5 cm³/mol. The third-order valence-electron chi connectivity index (χ3n) is 2.13. The lowest BCUT2D eigenvalue weighted by Crippen LogP contribution is -2.34. The van der Waals surface area contributed by atoms with Crippen LogP contribution in [0.2, 0.25) is 10.3 Å². The number of halogens is 2. The van der Waals surface area contributed by atoms with Gasteiger partial charge in [0.15, 0.2) is 10.3 Å². The minimum absolute atomic E-state index is 0.254. The van der Waals surface area contributed by atoms with Crippen molar-refractivity contribution in [3.8, 4) is 0 Å². The van der Waals surface area contributed by atoms with Crippen molar-refractivity contribution in [2.45, 2.75) is 12.5 Å². The SMILES string of the molecule is COC(C)(CN)c1cc(Cl)nnc1Cl. The summed E-state index contributed by atoms with van der Waals surface area (Å²) in [7, 11) is 1.55. The Hall–Kier alpha value is -0.420. The quantitative estimate of drug-likeness (QED) is 0.865. The molecule has 2 N–H and O–H groups in total. The second-order valence-corrected chi connectivity index (χ2v) is 3.76. The summed E-state index contributed by atoms with van der Waals surface area (Å²) in [5, 5.41) is 7.82. The lowest BCUT2D eigenvalue weighted by Gasteiger charge is -2.27. The van der Waals surface area contributed by atoms with E-state index < -0.39 is 5.60 Å². The number of rotatable bonds is 3. The van der Waals surface area contributed by atoms with E-state index in [1.54, 1.807) is 13.2 Å². The van der Waals surface area contributed by atoms with Crippen LogP contribution >= 0.6 is 23.2 Å². The smallest absolute Gasteiger partial charge is 0.157 e. The highest BCUT2D eigenvalue weighted by Crippen LogP contribution is 2.29. The molecule has 0 bridgehead atoms. The van der Waals surface area contributed by atoms with Crippen LogP contribution in [-0.2, 0) is 10.3 Å². The average molecular weight is 236 g/mol. The van der Waals surface area contributed by atoms with Crippen LogP contribution < -0.4 is 5.73 Å². The van der Waals surface area contributed by atoms with Gasteiger partial charge in [-0.15, -0.1) is 10.2 Å². The van der Waals surface area contributed by atoms with Crippen molar-refractivity contribution in [3.63, 3.8) is 0 Å². The minimum Gasteiger partial charge on any atom is -0.372 e. The van der Waals surface area contributed by atoms with Crippen LogP contribution in [-0.4, -0.2) is 23.9 Å². The van der Waals surface area contributed by atoms with Gasteiger partial charge >= 0.3 is 0 Å². The first-order valence-corrected chi connectivity index (χ1v) is 4.73. The molecule has 0 aliphatic carbocycles. The monoisotopic (exact) mass is 235 g/mol. The summed E-state index contributed by atoms with van der Waals surface area (Å²) in [6.45, 7) is 2.09. The Bertz CT molecular complexity index is 328. The standard InChI is InChI=1S/C8H11Cl2N3O/c1-8(4-11,14-2)5-3-6(9)12-13-7(5)10/h3H,4,11H2,1-2H3. The van der Waals surface area contributed by atoms with E-state index in [2.05, 4.69) is 10.2 Å². The van der Waals surface area contributed by atoms with Crippen molar-refractivity contribution in [2.75, 3.05) is 13.7 Å². The summed E-state index contributed by atoms with van der Waals surface area (Å²) in [5.74, 6) is 0. The van der Waals surface area contributed by atoms with Gasteiger partial charge in [0.2, 0.25) is 0 Å². The summed E-state index contributed by atoms with van der Waals surface area (Å²) in [4.78, 5) is 0. The van der Waals surface area contributed by atoms with Crippen LogP contribution in [0.4, 0.5) is 0 Å². The van der Waals surface area contributed by atoms with E-state index >= 15 is 0 Å². The van der Waals surface area contributed by atoms with E-state index in [0.717, 1.165) is 0 Å². The molecule has 0 aromatic carbocycles. The molecule has 1 aromatic rings. The normalized spacial score (nSPS) is 15.2. The van der Waals surface area contributed by atoms with Gasteiger partial charge in [0, 0.05) is 19.2 Å². The van der Waals surface area contributed by atoms with Crippen molar-refractivity contribution < 1.29 is 4.74 Å². The first-order chi connectivity index (χ1) is 6.53. The zero-order chi connectivity index (χ0) is 10.8. The van der Waals surface area contributed by atoms with Crippen molar-refractivity contribution in [2.24, 2.45) is 5.73 Å². The third-order valence-corrected chi connectivity index (χ3v) is 2.59. The van der Waals surface area contributed by atoms with Gasteiger partial charge in [-0.1, -0.05) is 23.2 Å². The van der Waals surface area contributed by atoms with Gasteiger partial charge in [0.1, 0.15) is 5.60 Å². The molecule has 4 nitrogen and oxygen atoms in total. The molecule has 0 saturated carbocycles. The zero-order valence-electron chi connectivity index (χ0n) is 7.92. The van der Waals surface area contributed by atoms with E-state index in [0.29, 0.717) is 5.56 Å². The number of methoxy groups -OCH3 is 1. The lowest BCUT2D eigenvalue weighted by molar-refractivity contribution is 0.00978. The highest BCUT2D eigenvalue weighted by Gasteiger charge is 2.28. The first-order valence-electron chi connectivity index (χ1n) is 3.98. The Morgan fingerprint density at radius 2 is 2.14 bits per heavy atom. The fourth-order valence-electron chi connectivity index (χ4n) is 1.03.